The molecule has 0 aliphatic heterocycles. The van der Waals surface area contributed by atoms with E-state index in [4.69, 9.17) is 9.15 Å². The molecule has 6 nitrogen and oxygen atoms in total. The van der Waals surface area contributed by atoms with Gasteiger partial charge in [-0.05, 0) is 57.2 Å². The van der Waals surface area contributed by atoms with Crippen molar-refractivity contribution in [2.75, 3.05) is 33.8 Å². The van der Waals surface area contributed by atoms with E-state index in [0.717, 1.165) is 29.5 Å². The smallest absolute Gasteiger partial charge is 0.340 e. The zero-order chi connectivity index (χ0) is 21.5. The highest BCUT2D eigenvalue weighted by molar-refractivity contribution is 5.82. The SMILES string of the molecule is Cc1c(Cc2ccccc2)c(=O)oc2cc(OCC(=O)NCCCN(C)C)ccc12. The van der Waals surface area contributed by atoms with Crippen LogP contribution in [-0.2, 0) is 11.2 Å². The number of carbonyl (C=O) groups excluding carboxylic acids is 1. The summed E-state index contributed by atoms with van der Waals surface area (Å²) in [6.07, 6.45) is 1.40. The van der Waals surface area contributed by atoms with Gasteiger partial charge in [0.2, 0.25) is 0 Å². The maximum absolute atomic E-state index is 12.6. The van der Waals surface area contributed by atoms with Crippen LogP contribution < -0.4 is 15.7 Å². The van der Waals surface area contributed by atoms with Crippen molar-refractivity contribution in [3.63, 3.8) is 0 Å². The minimum atomic E-state index is -0.348. The minimum absolute atomic E-state index is 0.0806. The van der Waals surface area contributed by atoms with E-state index in [1.54, 1.807) is 12.1 Å². The van der Waals surface area contributed by atoms with E-state index < -0.39 is 0 Å². The van der Waals surface area contributed by atoms with Crippen molar-refractivity contribution in [1.82, 2.24) is 10.2 Å². The first-order valence-electron chi connectivity index (χ1n) is 10.1. The molecule has 0 aliphatic carbocycles. The molecule has 30 heavy (non-hydrogen) atoms. The molecule has 0 bridgehead atoms. The molecule has 3 rings (SSSR count). The Morgan fingerprint density at radius 2 is 1.90 bits per heavy atom. The fraction of sp³-hybridized carbons (Fsp3) is 0.333. The Hall–Kier alpha value is -3.12. The van der Waals surface area contributed by atoms with E-state index in [9.17, 15) is 9.59 Å². The predicted molar refractivity (Wildman–Crippen MR) is 118 cm³/mol. The molecule has 1 amide bonds. The topological polar surface area (TPSA) is 71.8 Å². The molecule has 1 heterocycles. The standard InChI is InChI=1S/C24H28N2O4/c1-17-20-11-10-19(29-16-23(27)25-12-7-13-26(2)3)15-22(20)30-24(28)21(17)14-18-8-5-4-6-9-18/h4-6,8-11,15H,7,12-14,16H2,1-3H3,(H,25,27). The molecule has 0 unspecified atom stereocenters. The van der Waals surface area contributed by atoms with Gasteiger partial charge in [-0.25, -0.2) is 4.79 Å². The van der Waals surface area contributed by atoms with Gasteiger partial charge in [-0.1, -0.05) is 30.3 Å². The molecule has 6 heteroatoms. The number of fused-ring (bicyclic) bond motifs is 1. The lowest BCUT2D eigenvalue weighted by molar-refractivity contribution is -0.123. The van der Waals surface area contributed by atoms with Crippen LogP contribution in [0, 0.1) is 6.92 Å². The Labute approximate surface area is 176 Å². The van der Waals surface area contributed by atoms with Gasteiger partial charge in [0.15, 0.2) is 6.61 Å². The third kappa shape index (κ3) is 5.70. The van der Waals surface area contributed by atoms with Gasteiger partial charge in [-0.2, -0.15) is 0 Å². The molecule has 0 spiro atoms. The summed E-state index contributed by atoms with van der Waals surface area (Å²) in [6.45, 7) is 3.37. The quantitative estimate of drug-likeness (QED) is 0.435. The second-order valence-corrected chi connectivity index (χ2v) is 7.61. The maximum atomic E-state index is 12.6. The van der Waals surface area contributed by atoms with Crippen molar-refractivity contribution in [2.24, 2.45) is 0 Å². The average Bonchev–Trinajstić information content (AvgIpc) is 2.73. The summed E-state index contributed by atoms with van der Waals surface area (Å²) in [4.78, 5) is 26.6. The molecule has 1 aromatic heterocycles. The van der Waals surface area contributed by atoms with Crippen molar-refractivity contribution in [1.29, 1.82) is 0 Å². The number of benzene rings is 2. The summed E-state index contributed by atoms with van der Waals surface area (Å²) in [6, 6.07) is 15.2. The van der Waals surface area contributed by atoms with E-state index in [1.807, 2.05) is 57.4 Å². The number of amides is 1. The average molecular weight is 408 g/mol. The number of ether oxygens (including phenoxy) is 1. The molecule has 0 radical (unpaired) electrons. The molecule has 158 valence electrons. The summed E-state index contributed by atoms with van der Waals surface area (Å²) in [7, 11) is 3.99. The highest BCUT2D eigenvalue weighted by atomic mass is 16.5. The van der Waals surface area contributed by atoms with Crippen LogP contribution in [0.5, 0.6) is 5.75 Å². The van der Waals surface area contributed by atoms with Gasteiger partial charge in [-0.15, -0.1) is 0 Å². The van der Waals surface area contributed by atoms with Crippen molar-refractivity contribution in [2.45, 2.75) is 19.8 Å². The molecule has 0 saturated carbocycles. The van der Waals surface area contributed by atoms with Crippen molar-refractivity contribution < 1.29 is 13.9 Å². The maximum Gasteiger partial charge on any atom is 0.340 e. The Kier molecular flexibility index (Phi) is 7.25. The Balaban J connectivity index is 1.67. The third-order valence-electron chi connectivity index (χ3n) is 4.96. The van der Waals surface area contributed by atoms with Crippen LogP contribution >= 0.6 is 0 Å². The van der Waals surface area contributed by atoms with Gasteiger partial charge in [0, 0.05) is 30.0 Å². The molecule has 2 aromatic carbocycles. The number of nitrogens with zero attached hydrogens (tertiary/aromatic N) is 1. The zero-order valence-corrected chi connectivity index (χ0v) is 17.7. The lowest BCUT2D eigenvalue weighted by atomic mass is 10.00. The van der Waals surface area contributed by atoms with Crippen LogP contribution in [0.4, 0.5) is 0 Å². The highest BCUT2D eigenvalue weighted by Crippen LogP contribution is 2.25. The van der Waals surface area contributed by atoms with Gasteiger partial charge in [0.25, 0.3) is 5.91 Å². The first-order valence-corrected chi connectivity index (χ1v) is 10.1. The van der Waals surface area contributed by atoms with Gasteiger partial charge in [0.05, 0.1) is 0 Å². The first kappa shape index (κ1) is 21.6. The van der Waals surface area contributed by atoms with Crippen LogP contribution in [0.1, 0.15) is 23.1 Å². The van der Waals surface area contributed by atoms with E-state index in [-0.39, 0.29) is 18.1 Å². The van der Waals surface area contributed by atoms with Crippen LogP contribution in [-0.4, -0.2) is 44.6 Å². The molecular formula is C24H28N2O4. The number of nitrogens with one attached hydrogen (secondary N) is 1. The Bertz CT molecular complexity index is 1060. The van der Waals surface area contributed by atoms with Gasteiger partial charge >= 0.3 is 5.63 Å². The van der Waals surface area contributed by atoms with Gasteiger partial charge < -0.3 is 19.4 Å². The summed E-state index contributed by atoms with van der Waals surface area (Å²) in [5, 5.41) is 3.69. The Morgan fingerprint density at radius 1 is 1.13 bits per heavy atom. The molecule has 3 aromatic rings. The highest BCUT2D eigenvalue weighted by Gasteiger charge is 2.13. The second kappa shape index (κ2) is 10.1. The number of hydrogen-bond acceptors (Lipinski definition) is 5. The van der Waals surface area contributed by atoms with Gasteiger partial charge in [-0.3, -0.25) is 4.79 Å². The van der Waals surface area contributed by atoms with E-state index in [2.05, 4.69) is 10.2 Å². The van der Waals surface area contributed by atoms with Crippen LogP contribution in [0.3, 0.4) is 0 Å². The Morgan fingerprint density at radius 3 is 2.63 bits per heavy atom. The van der Waals surface area contributed by atoms with Crippen LogP contribution in [0.15, 0.2) is 57.7 Å². The number of rotatable bonds is 9. The van der Waals surface area contributed by atoms with E-state index >= 15 is 0 Å². The van der Waals surface area contributed by atoms with Crippen molar-refractivity contribution >= 4 is 16.9 Å². The van der Waals surface area contributed by atoms with Crippen LogP contribution in [0.25, 0.3) is 11.0 Å². The molecule has 0 atom stereocenters. The summed E-state index contributed by atoms with van der Waals surface area (Å²) in [5.74, 6) is 0.314. The zero-order valence-electron chi connectivity index (χ0n) is 17.7. The molecule has 0 aliphatic rings. The normalized spacial score (nSPS) is 11.1. The molecule has 0 saturated heterocycles. The second-order valence-electron chi connectivity index (χ2n) is 7.61. The van der Waals surface area contributed by atoms with Gasteiger partial charge in [0.1, 0.15) is 11.3 Å². The van der Waals surface area contributed by atoms with Crippen LogP contribution in [0.2, 0.25) is 0 Å². The number of aryl methyl sites for hydroxylation is 1. The summed E-state index contributed by atoms with van der Waals surface area (Å²) < 4.78 is 11.1. The van der Waals surface area contributed by atoms with E-state index in [0.29, 0.717) is 29.9 Å². The fourth-order valence-electron chi connectivity index (χ4n) is 3.29. The molecule has 1 N–H and O–H groups in total. The monoisotopic (exact) mass is 408 g/mol. The van der Waals surface area contributed by atoms with Crippen molar-refractivity contribution in [3.8, 4) is 5.75 Å². The number of hydrogen-bond donors (Lipinski definition) is 1. The number of carbonyl (C=O) groups is 1. The fourth-order valence-corrected chi connectivity index (χ4v) is 3.29. The molecular weight excluding hydrogens is 380 g/mol. The largest absolute Gasteiger partial charge is 0.484 e. The van der Waals surface area contributed by atoms with E-state index in [1.165, 1.54) is 0 Å². The summed E-state index contributed by atoms with van der Waals surface area (Å²) >= 11 is 0. The summed E-state index contributed by atoms with van der Waals surface area (Å²) in [5.41, 5.74) is 2.72. The minimum Gasteiger partial charge on any atom is -0.484 e. The first-order chi connectivity index (χ1) is 14.4. The lowest BCUT2D eigenvalue weighted by Crippen LogP contribution is -2.31. The molecule has 0 fully saturated rings. The third-order valence-corrected chi connectivity index (χ3v) is 4.96. The van der Waals surface area contributed by atoms with Crippen molar-refractivity contribution in [3.05, 3.63) is 75.6 Å². The lowest BCUT2D eigenvalue weighted by Gasteiger charge is -2.11. The predicted octanol–water partition coefficient (Wildman–Crippen LogP) is 3.14.